The number of nitrogens with zero attached hydrogens (tertiary/aromatic N) is 1. The fourth-order valence-electron chi connectivity index (χ4n) is 1.77. The maximum atomic E-state index is 12.1. The number of amides is 1. The molecule has 0 saturated carbocycles. The summed E-state index contributed by atoms with van der Waals surface area (Å²) in [6.07, 6.45) is 0. The molecule has 1 amide bonds. The third-order valence-corrected chi connectivity index (χ3v) is 3.39. The van der Waals surface area contributed by atoms with Crippen LogP contribution in [0, 0.1) is 22.7 Å². The van der Waals surface area contributed by atoms with Crippen molar-refractivity contribution in [2.24, 2.45) is 11.3 Å². The zero-order valence-electron chi connectivity index (χ0n) is 11.4. The van der Waals surface area contributed by atoms with Crippen LogP contribution >= 0.6 is 15.9 Å². The van der Waals surface area contributed by atoms with Crippen LogP contribution in [0.1, 0.15) is 26.3 Å². The number of aliphatic carboxylic acids is 1. The lowest BCUT2D eigenvalue weighted by Gasteiger charge is -2.26. The number of nitrogens with one attached hydrogen (secondary N) is 1. The van der Waals surface area contributed by atoms with Gasteiger partial charge in [0, 0.05) is 4.47 Å². The minimum atomic E-state index is -1.17. The number of nitriles is 1. The second-order valence-electron chi connectivity index (χ2n) is 5.43. The molecule has 1 aromatic rings. The third kappa shape index (κ3) is 3.81. The first kappa shape index (κ1) is 16.2. The predicted octanol–water partition coefficient (Wildman–Crippen LogP) is 3.01. The summed E-state index contributed by atoms with van der Waals surface area (Å²) in [5.74, 6) is -2.92. The number of benzene rings is 1. The van der Waals surface area contributed by atoms with Crippen molar-refractivity contribution in [1.29, 1.82) is 5.26 Å². The summed E-state index contributed by atoms with van der Waals surface area (Å²) in [5, 5.41) is 20.5. The molecule has 1 unspecified atom stereocenters. The monoisotopic (exact) mass is 338 g/mol. The first-order valence-electron chi connectivity index (χ1n) is 5.90. The van der Waals surface area contributed by atoms with E-state index in [1.807, 2.05) is 6.07 Å². The number of hydrogen-bond acceptors (Lipinski definition) is 3. The van der Waals surface area contributed by atoms with Crippen LogP contribution < -0.4 is 5.32 Å². The summed E-state index contributed by atoms with van der Waals surface area (Å²) in [5.41, 5.74) is 0.180. The van der Waals surface area contributed by atoms with E-state index in [1.54, 1.807) is 39.0 Å². The van der Waals surface area contributed by atoms with Gasteiger partial charge in [-0.15, -0.1) is 0 Å². The van der Waals surface area contributed by atoms with Crippen molar-refractivity contribution < 1.29 is 14.7 Å². The molecular weight excluding hydrogens is 324 g/mol. The average molecular weight is 339 g/mol. The van der Waals surface area contributed by atoms with Gasteiger partial charge in [-0.1, -0.05) is 20.8 Å². The number of carboxylic acids is 1. The lowest BCUT2D eigenvalue weighted by Crippen LogP contribution is -2.39. The van der Waals surface area contributed by atoms with Gasteiger partial charge in [0.25, 0.3) is 0 Å². The lowest BCUT2D eigenvalue weighted by atomic mass is 9.80. The van der Waals surface area contributed by atoms with Gasteiger partial charge >= 0.3 is 5.97 Å². The second kappa shape index (κ2) is 6.06. The van der Waals surface area contributed by atoms with E-state index in [2.05, 4.69) is 21.2 Å². The number of carbonyl (C=O) groups excluding carboxylic acids is 1. The molecule has 0 aromatic heterocycles. The molecule has 0 aliphatic rings. The van der Waals surface area contributed by atoms with Crippen LogP contribution in [0.3, 0.4) is 0 Å². The maximum absolute atomic E-state index is 12.1. The smallest absolute Gasteiger partial charge is 0.316 e. The molecule has 0 aliphatic heterocycles. The predicted molar refractivity (Wildman–Crippen MR) is 78.1 cm³/mol. The Morgan fingerprint density at radius 3 is 2.40 bits per heavy atom. The summed E-state index contributed by atoms with van der Waals surface area (Å²) in [7, 11) is 0. The van der Waals surface area contributed by atoms with E-state index >= 15 is 0 Å². The number of carbonyl (C=O) groups is 2. The molecule has 20 heavy (non-hydrogen) atoms. The number of hydrogen-bond donors (Lipinski definition) is 2. The highest BCUT2D eigenvalue weighted by atomic mass is 79.9. The Labute approximate surface area is 125 Å². The Kier molecular flexibility index (Phi) is 4.90. The molecule has 0 aliphatic carbocycles. The summed E-state index contributed by atoms with van der Waals surface area (Å²) < 4.78 is 0.531. The summed E-state index contributed by atoms with van der Waals surface area (Å²) in [6, 6.07) is 6.64. The van der Waals surface area contributed by atoms with Gasteiger partial charge < -0.3 is 10.4 Å². The highest BCUT2D eigenvalue weighted by molar-refractivity contribution is 9.10. The van der Waals surface area contributed by atoms with Crippen LogP contribution in [0.15, 0.2) is 22.7 Å². The molecule has 5 nitrogen and oxygen atoms in total. The van der Waals surface area contributed by atoms with Crippen LogP contribution in [-0.4, -0.2) is 17.0 Å². The molecule has 0 radical (unpaired) electrons. The molecule has 1 aromatic carbocycles. The molecule has 6 heteroatoms. The normalized spacial score (nSPS) is 12.3. The summed E-state index contributed by atoms with van der Waals surface area (Å²) in [6.45, 7) is 5.08. The second-order valence-corrected chi connectivity index (χ2v) is 6.29. The van der Waals surface area contributed by atoms with Crippen LogP contribution in [0.4, 0.5) is 5.69 Å². The largest absolute Gasteiger partial charge is 0.481 e. The van der Waals surface area contributed by atoms with Crippen molar-refractivity contribution in [3.05, 3.63) is 28.2 Å². The van der Waals surface area contributed by atoms with Gasteiger partial charge in [0.1, 0.15) is 5.92 Å². The van der Waals surface area contributed by atoms with Gasteiger partial charge in [-0.05, 0) is 39.5 Å². The minimum absolute atomic E-state index is 0.435. The van der Waals surface area contributed by atoms with Crippen LogP contribution in [0.5, 0.6) is 0 Å². The number of carboxylic acid groups (broad SMARTS) is 1. The molecule has 1 atom stereocenters. The topological polar surface area (TPSA) is 90.2 Å². The van der Waals surface area contributed by atoms with Gasteiger partial charge in [-0.3, -0.25) is 9.59 Å². The van der Waals surface area contributed by atoms with E-state index in [0.717, 1.165) is 0 Å². The number of anilines is 1. The summed E-state index contributed by atoms with van der Waals surface area (Å²) >= 11 is 3.24. The molecule has 1 rings (SSSR count). The van der Waals surface area contributed by atoms with Crippen molar-refractivity contribution in [3.8, 4) is 6.07 Å². The number of halogens is 1. The van der Waals surface area contributed by atoms with Crippen molar-refractivity contribution in [1.82, 2.24) is 0 Å². The standard InChI is InChI=1S/C14H15BrN2O3/c1-14(2,3)11(13(19)20)12(18)17-10-5-4-8(7-16)6-9(10)15/h4-6,11H,1-3H3,(H,17,18)(H,19,20). The van der Waals surface area contributed by atoms with E-state index in [4.69, 9.17) is 5.26 Å². The molecule has 2 N–H and O–H groups in total. The average Bonchev–Trinajstić information content (AvgIpc) is 2.29. The molecule has 106 valence electrons. The Morgan fingerprint density at radius 1 is 1.40 bits per heavy atom. The fourth-order valence-corrected chi connectivity index (χ4v) is 2.24. The van der Waals surface area contributed by atoms with Crippen LogP contribution in [0.25, 0.3) is 0 Å². The Bertz CT molecular complexity index is 585. The maximum Gasteiger partial charge on any atom is 0.316 e. The van der Waals surface area contributed by atoms with E-state index < -0.39 is 23.2 Å². The zero-order chi connectivity index (χ0) is 15.5. The molecule has 0 saturated heterocycles. The highest BCUT2D eigenvalue weighted by Gasteiger charge is 2.37. The Balaban J connectivity index is 3.01. The first-order valence-corrected chi connectivity index (χ1v) is 6.69. The van der Waals surface area contributed by atoms with Gasteiger partial charge in [0.2, 0.25) is 5.91 Å². The van der Waals surface area contributed by atoms with E-state index in [-0.39, 0.29) is 0 Å². The van der Waals surface area contributed by atoms with Gasteiger partial charge in [0.15, 0.2) is 0 Å². The summed E-state index contributed by atoms with van der Waals surface area (Å²) in [4.78, 5) is 23.4. The Hall–Kier alpha value is -1.87. The molecule has 0 fully saturated rings. The van der Waals surface area contributed by atoms with Gasteiger partial charge in [0.05, 0.1) is 17.3 Å². The lowest BCUT2D eigenvalue weighted by molar-refractivity contribution is -0.149. The van der Waals surface area contributed by atoms with Crippen molar-refractivity contribution in [3.63, 3.8) is 0 Å². The quantitative estimate of drug-likeness (QED) is 0.829. The number of rotatable bonds is 3. The molecular formula is C14H15BrN2O3. The molecule has 0 bridgehead atoms. The molecule has 0 spiro atoms. The first-order chi connectivity index (χ1) is 9.16. The van der Waals surface area contributed by atoms with E-state index in [9.17, 15) is 14.7 Å². The van der Waals surface area contributed by atoms with Crippen molar-refractivity contribution in [2.75, 3.05) is 5.32 Å². The Morgan fingerprint density at radius 2 is 2.00 bits per heavy atom. The third-order valence-electron chi connectivity index (χ3n) is 2.73. The highest BCUT2D eigenvalue weighted by Crippen LogP contribution is 2.29. The SMILES string of the molecule is CC(C)(C)C(C(=O)O)C(=O)Nc1ccc(C#N)cc1Br. The minimum Gasteiger partial charge on any atom is -0.481 e. The van der Waals surface area contributed by atoms with Crippen molar-refractivity contribution in [2.45, 2.75) is 20.8 Å². The van der Waals surface area contributed by atoms with Gasteiger partial charge in [-0.2, -0.15) is 5.26 Å². The zero-order valence-corrected chi connectivity index (χ0v) is 13.0. The van der Waals surface area contributed by atoms with Crippen LogP contribution in [-0.2, 0) is 9.59 Å². The van der Waals surface area contributed by atoms with Gasteiger partial charge in [-0.25, -0.2) is 0 Å². The van der Waals surface area contributed by atoms with Crippen molar-refractivity contribution >= 4 is 33.5 Å². The fraction of sp³-hybridized carbons (Fsp3) is 0.357. The van der Waals surface area contributed by atoms with Crippen LogP contribution in [0.2, 0.25) is 0 Å². The van der Waals surface area contributed by atoms with E-state index in [1.165, 1.54) is 0 Å². The molecule has 0 heterocycles. The van der Waals surface area contributed by atoms with E-state index in [0.29, 0.717) is 15.7 Å².